The standard InChI is InChI=1S/C15H26N2O3/c1-14(13(19)20)7-9-17(10-8-14)12(18)11-15(16)5-3-2-4-6-15/h2-11,16H2,1H3,(H,19,20). The number of hydrogen-bond acceptors (Lipinski definition) is 3. The number of amides is 1. The summed E-state index contributed by atoms with van der Waals surface area (Å²) in [7, 11) is 0. The van der Waals surface area contributed by atoms with E-state index < -0.39 is 11.4 Å². The van der Waals surface area contributed by atoms with Gasteiger partial charge in [-0.15, -0.1) is 0 Å². The van der Waals surface area contributed by atoms with E-state index >= 15 is 0 Å². The van der Waals surface area contributed by atoms with Crippen LogP contribution in [0.1, 0.15) is 58.3 Å². The van der Waals surface area contributed by atoms with Crippen molar-refractivity contribution in [2.45, 2.75) is 63.8 Å². The molecule has 2 fully saturated rings. The maximum atomic E-state index is 12.4. The van der Waals surface area contributed by atoms with Gasteiger partial charge in [-0.3, -0.25) is 9.59 Å². The Hall–Kier alpha value is -1.10. The van der Waals surface area contributed by atoms with Gasteiger partial charge in [0.05, 0.1) is 5.41 Å². The summed E-state index contributed by atoms with van der Waals surface area (Å²) in [6, 6.07) is 0. The zero-order valence-electron chi connectivity index (χ0n) is 12.4. The van der Waals surface area contributed by atoms with Gasteiger partial charge in [-0.1, -0.05) is 19.3 Å². The summed E-state index contributed by atoms with van der Waals surface area (Å²) in [4.78, 5) is 25.3. The van der Waals surface area contributed by atoms with Gasteiger partial charge in [-0.2, -0.15) is 0 Å². The van der Waals surface area contributed by atoms with Crippen LogP contribution in [0.2, 0.25) is 0 Å². The molecule has 0 unspecified atom stereocenters. The van der Waals surface area contributed by atoms with Crippen LogP contribution >= 0.6 is 0 Å². The lowest BCUT2D eigenvalue weighted by Gasteiger charge is -2.39. The molecule has 20 heavy (non-hydrogen) atoms. The quantitative estimate of drug-likeness (QED) is 0.826. The molecule has 5 nitrogen and oxygen atoms in total. The third-order valence-corrected chi connectivity index (χ3v) is 5.09. The molecule has 1 saturated carbocycles. The maximum Gasteiger partial charge on any atom is 0.309 e. The summed E-state index contributed by atoms with van der Waals surface area (Å²) in [5.41, 5.74) is 5.32. The molecule has 1 heterocycles. The molecule has 3 N–H and O–H groups in total. The molecule has 1 aliphatic carbocycles. The van der Waals surface area contributed by atoms with Gasteiger partial charge in [0.2, 0.25) is 5.91 Å². The van der Waals surface area contributed by atoms with Gasteiger partial charge in [0.15, 0.2) is 0 Å². The van der Waals surface area contributed by atoms with E-state index in [4.69, 9.17) is 5.73 Å². The van der Waals surface area contributed by atoms with Crippen molar-refractivity contribution in [1.82, 2.24) is 4.90 Å². The summed E-state index contributed by atoms with van der Waals surface area (Å²) in [5, 5.41) is 9.20. The second-order valence-corrected chi connectivity index (χ2v) is 6.85. The summed E-state index contributed by atoms with van der Waals surface area (Å²) < 4.78 is 0. The smallest absolute Gasteiger partial charge is 0.309 e. The molecule has 0 aromatic heterocycles. The Kier molecular flexibility index (Phi) is 4.37. The topological polar surface area (TPSA) is 83.6 Å². The molecule has 0 spiro atoms. The predicted octanol–water partition coefficient (Wildman–Crippen LogP) is 1.75. The van der Waals surface area contributed by atoms with E-state index in [9.17, 15) is 14.7 Å². The third kappa shape index (κ3) is 3.32. The molecule has 0 radical (unpaired) electrons. The van der Waals surface area contributed by atoms with Crippen LogP contribution in [0.15, 0.2) is 0 Å². The Balaban J connectivity index is 1.87. The van der Waals surface area contributed by atoms with Crippen LogP contribution in [0.5, 0.6) is 0 Å². The molecule has 1 saturated heterocycles. The highest BCUT2D eigenvalue weighted by atomic mass is 16.4. The minimum Gasteiger partial charge on any atom is -0.481 e. The van der Waals surface area contributed by atoms with Crippen molar-refractivity contribution in [3.05, 3.63) is 0 Å². The highest BCUT2D eigenvalue weighted by Gasteiger charge is 2.39. The molecule has 0 bridgehead atoms. The van der Waals surface area contributed by atoms with Gasteiger partial charge in [0, 0.05) is 25.0 Å². The molecule has 2 aliphatic rings. The van der Waals surface area contributed by atoms with E-state index in [-0.39, 0.29) is 11.4 Å². The van der Waals surface area contributed by atoms with Crippen molar-refractivity contribution in [1.29, 1.82) is 0 Å². The van der Waals surface area contributed by atoms with Gasteiger partial charge in [0.1, 0.15) is 0 Å². The Morgan fingerprint density at radius 2 is 1.65 bits per heavy atom. The van der Waals surface area contributed by atoms with E-state index in [1.165, 1.54) is 6.42 Å². The fraction of sp³-hybridized carbons (Fsp3) is 0.867. The molecule has 114 valence electrons. The zero-order chi connectivity index (χ0) is 14.8. The van der Waals surface area contributed by atoms with Crippen LogP contribution in [-0.2, 0) is 9.59 Å². The highest BCUT2D eigenvalue weighted by molar-refractivity contribution is 5.79. The van der Waals surface area contributed by atoms with Gasteiger partial charge >= 0.3 is 5.97 Å². The van der Waals surface area contributed by atoms with Gasteiger partial charge in [-0.05, 0) is 32.6 Å². The number of nitrogens with zero attached hydrogens (tertiary/aromatic N) is 1. The number of carbonyl (C=O) groups excluding carboxylic acids is 1. The highest BCUT2D eigenvalue weighted by Crippen LogP contribution is 2.33. The number of carboxylic acids is 1. The fourth-order valence-corrected chi connectivity index (χ4v) is 3.31. The first kappa shape index (κ1) is 15.3. The predicted molar refractivity (Wildman–Crippen MR) is 76.2 cm³/mol. The molecule has 1 amide bonds. The molecule has 0 aromatic rings. The van der Waals surface area contributed by atoms with Crippen molar-refractivity contribution >= 4 is 11.9 Å². The lowest BCUT2D eigenvalue weighted by Crippen LogP contribution is -2.50. The molecular weight excluding hydrogens is 256 g/mol. The van der Waals surface area contributed by atoms with Crippen molar-refractivity contribution < 1.29 is 14.7 Å². The second kappa shape index (κ2) is 5.72. The van der Waals surface area contributed by atoms with E-state index in [1.807, 2.05) is 0 Å². The first-order valence-corrected chi connectivity index (χ1v) is 7.65. The summed E-state index contributed by atoms with van der Waals surface area (Å²) >= 11 is 0. The molecule has 0 aromatic carbocycles. The normalized spacial score (nSPS) is 25.2. The van der Waals surface area contributed by atoms with Crippen LogP contribution < -0.4 is 5.73 Å². The fourth-order valence-electron chi connectivity index (χ4n) is 3.31. The number of rotatable bonds is 3. The molecular formula is C15H26N2O3. The van der Waals surface area contributed by atoms with E-state index in [0.29, 0.717) is 32.4 Å². The second-order valence-electron chi connectivity index (χ2n) is 6.85. The summed E-state index contributed by atoms with van der Waals surface area (Å²) in [6.07, 6.45) is 6.78. The maximum absolute atomic E-state index is 12.4. The van der Waals surface area contributed by atoms with Crippen LogP contribution in [-0.4, -0.2) is 40.5 Å². The first-order valence-electron chi connectivity index (χ1n) is 7.65. The molecule has 0 atom stereocenters. The number of carboxylic acid groups (broad SMARTS) is 1. The monoisotopic (exact) mass is 282 g/mol. The van der Waals surface area contributed by atoms with Gasteiger partial charge in [-0.25, -0.2) is 0 Å². The van der Waals surface area contributed by atoms with E-state index in [2.05, 4.69) is 0 Å². The Morgan fingerprint density at radius 1 is 1.10 bits per heavy atom. The average molecular weight is 282 g/mol. The average Bonchev–Trinajstić information content (AvgIpc) is 2.39. The summed E-state index contributed by atoms with van der Waals surface area (Å²) in [5.74, 6) is -0.658. The number of aliphatic carboxylic acids is 1. The number of nitrogens with two attached hydrogens (primary N) is 1. The molecule has 1 aliphatic heterocycles. The summed E-state index contributed by atoms with van der Waals surface area (Å²) in [6.45, 7) is 2.85. The number of piperidine rings is 1. The Bertz CT molecular complexity index is 381. The van der Waals surface area contributed by atoms with Gasteiger partial charge < -0.3 is 15.7 Å². The number of likely N-dealkylation sites (tertiary alicyclic amines) is 1. The molecule has 2 rings (SSSR count). The lowest BCUT2D eigenvalue weighted by molar-refractivity contribution is -0.153. The van der Waals surface area contributed by atoms with Crippen molar-refractivity contribution in [3.63, 3.8) is 0 Å². The van der Waals surface area contributed by atoms with Crippen LogP contribution in [0, 0.1) is 5.41 Å². The Labute approximate surface area is 120 Å². The van der Waals surface area contributed by atoms with Crippen molar-refractivity contribution in [2.75, 3.05) is 13.1 Å². The van der Waals surface area contributed by atoms with Gasteiger partial charge in [0.25, 0.3) is 0 Å². The molecule has 5 heteroatoms. The zero-order valence-corrected chi connectivity index (χ0v) is 12.4. The Morgan fingerprint density at radius 3 is 2.15 bits per heavy atom. The number of carbonyl (C=O) groups is 2. The van der Waals surface area contributed by atoms with E-state index in [1.54, 1.807) is 11.8 Å². The van der Waals surface area contributed by atoms with Crippen molar-refractivity contribution in [2.24, 2.45) is 11.1 Å². The SMILES string of the molecule is CC1(C(=O)O)CCN(C(=O)CC2(N)CCCCC2)CC1. The van der Waals surface area contributed by atoms with Crippen LogP contribution in [0.25, 0.3) is 0 Å². The third-order valence-electron chi connectivity index (χ3n) is 5.09. The van der Waals surface area contributed by atoms with E-state index in [0.717, 1.165) is 25.7 Å². The van der Waals surface area contributed by atoms with Crippen molar-refractivity contribution in [3.8, 4) is 0 Å². The minimum absolute atomic E-state index is 0.0989. The first-order chi connectivity index (χ1) is 9.35. The minimum atomic E-state index is -0.757. The van der Waals surface area contributed by atoms with Crippen LogP contribution in [0.3, 0.4) is 0 Å². The van der Waals surface area contributed by atoms with Crippen LogP contribution in [0.4, 0.5) is 0 Å². The largest absolute Gasteiger partial charge is 0.481 e. The lowest BCUT2D eigenvalue weighted by atomic mass is 9.78. The number of hydrogen-bond donors (Lipinski definition) is 2.